The van der Waals surface area contributed by atoms with Crippen molar-refractivity contribution in [2.45, 2.75) is 38.3 Å². The Kier molecular flexibility index (Phi) is 4.69. The standard InChI is InChI=1S/C14H16F3N3O2S/c1-9-5-20(6-11(21-9)10-2-3-23-8-10)7-13-18-12(19-22-13)4-14(15,16)17/h2-3,8-9,11H,4-7H2,1H3. The summed E-state index contributed by atoms with van der Waals surface area (Å²) in [5, 5.41) is 7.42. The maximum atomic E-state index is 12.3. The summed E-state index contributed by atoms with van der Waals surface area (Å²) >= 11 is 1.60. The molecule has 1 aliphatic heterocycles. The maximum absolute atomic E-state index is 12.3. The van der Waals surface area contributed by atoms with Crippen molar-refractivity contribution in [1.29, 1.82) is 0 Å². The Hall–Kier alpha value is -1.45. The highest BCUT2D eigenvalue weighted by molar-refractivity contribution is 7.07. The molecule has 5 nitrogen and oxygen atoms in total. The van der Waals surface area contributed by atoms with Crippen molar-refractivity contribution >= 4 is 11.3 Å². The Balaban J connectivity index is 1.63. The summed E-state index contributed by atoms with van der Waals surface area (Å²) in [6, 6.07) is 2.01. The van der Waals surface area contributed by atoms with Crippen molar-refractivity contribution in [3.63, 3.8) is 0 Å². The molecule has 0 saturated carbocycles. The van der Waals surface area contributed by atoms with Crippen LogP contribution in [-0.4, -0.2) is 40.4 Å². The van der Waals surface area contributed by atoms with Gasteiger partial charge in [0.05, 0.1) is 18.8 Å². The fourth-order valence-corrected chi connectivity index (χ4v) is 3.31. The molecule has 1 fully saturated rings. The van der Waals surface area contributed by atoms with Gasteiger partial charge < -0.3 is 9.26 Å². The van der Waals surface area contributed by atoms with Gasteiger partial charge in [-0.2, -0.15) is 29.5 Å². The third-order valence-corrected chi connectivity index (χ3v) is 4.18. The largest absolute Gasteiger partial charge is 0.396 e. The van der Waals surface area contributed by atoms with Gasteiger partial charge in [-0.25, -0.2) is 0 Å². The molecule has 1 aliphatic rings. The molecule has 0 amide bonds. The zero-order valence-electron chi connectivity index (χ0n) is 12.4. The van der Waals surface area contributed by atoms with Crippen molar-refractivity contribution in [2.75, 3.05) is 13.1 Å². The first-order valence-electron chi connectivity index (χ1n) is 7.17. The minimum atomic E-state index is -4.33. The number of thiophene rings is 1. The first-order chi connectivity index (χ1) is 10.9. The molecule has 2 aromatic heterocycles. The van der Waals surface area contributed by atoms with E-state index in [1.165, 1.54) is 0 Å². The summed E-state index contributed by atoms with van der Waals surface area (Å²) in [5.41, 5.74) is 1.11. The van der Waals surface area contributed by atoms with Gasteiger partial charge in [0.15, 0.2) is 5.82 Å². The lowest BCUT2D eigenvalue weighted by Gasteiger charge is -2.35. The highest BCUT2D eigenvalue weighted by Gasteiger charge is 2.31. The van der Waals surface area contributed by atoms with Crippen molar-refractivity contribution in [3.05, 3.63) is 34.1 Å². The average Bonchev–Trinajstić information content (AvgIpc) is 3.08. The van der Waals surface area contributed by atoms with Gasteiger partial charge in [0, 0.05) is 13.1 Å². The molecule has 3 rings (SSSR count). The van der Waals surface area contributed by atoms with Gasteiger partial charge in [0.25, 0.3) is 0 Å². The van der Waals surface area contributed by atoms with Crippen LogP contribution in [0.1, 0.15) is 30.3 Å². The van der Waals surface area contributed by atoms with Gasteiger partial charge in [0.1, 0.15) is 6.42 Å². The first-order valence-corrected chi connectivity index (χ1v) is 8.11. The normalized spacial score (nSPS) is 23.3. The van der Waals surface area contributed by atoms with E-state index in [4.69, 9.17) is 9.26 Å². The summed E-state index contributed by atoms with van der Waals surface area (Å²) in [4.78, 5) is 5.88. The zero-order valence-corrected chi connectivity index (χ0v) is 13.2. The Morgan fingerprint density at radius 2 is 2.22 bits per heavy atom. The van der Waals surface area contributed by atoms with Crippen molar-refractivity contribution < 1.29 is 22.4 Å². The lowest BCUT2D eigenvalue weighted by molar-refractivity contribution is -0.128. The molecule has 2 unspecified atom stereocenters. The Morgan fingerprint density at radius 3 is 2.91 bits per heavy atom. The van der Waals surface area contributed by atoms with Crippen LogP contribution in [0.25, 0.3) is 0 Å². The Bertz CT molecular complexity index is 630. The molecule has 2 aromatic rings. The second-order valence-corrected chi connectivity index (χ2v) is 6.36. The lowest BCUT2D eigenvalue weighted by atomic mass is 10.1. The van der Waals surface area contributed by atoms with Crippen molar-refractivity contribution in [3.8, 4) is 0 Å². The van der Waals surface area contributed by atoms with E-state index in [9.17, 15) is 13.2 Å². The van der Waals surface area contributed by atoms with Gasteiger partial charge in [0.2, 0.25) is 5.89 Å². The average molecular weight is 347 g/mol. The Labute approximate surface area is 135 Å². The molecule has 23 heavy (non-hydrogen) atoms. The van der Waals surface area contributed by atoms with E-state index in [0.29, 0.717) is 19.6 Å². The number of alkyl halides is 3. The summed E-state index contributed by atoms with van der Waals surface area (Å²) in [5.74, 6) is -0.134. The first kappa shape index (κ1) is 16.4. The van der Waals surface area contributed by atoms with Crippen LogP contribution in [0.3, 0.4) is 0 Å². The van der Waals surface area contributed by atoms with Gasteiger partial charge in [-0.05, 0) is 29.3 Å². The lowest BCUT2D eigenvalue weighted by Crippen LogP contribution is -2.42. The van der Waals surface area contributed by atoms with Crippen LogP contribution >= 0.6 is 11.3 Å². The summed E-state index contributed by atoms with van der Waals surface area (Å²) in [6.07, 6.45) is -5.54. The zero-order chi connectivity index (χ0) is 16.4. The van der Waals surface area contributed by atoms with E-state index < -0.39 is 12.6 Å². The quantitative estimate of drug-likeness (QED) is 0.850. The number of halogens is 3. The van der Waals surface area contributed by atoms with Crippen LogP contribution in [0.5, 0.6) is 0 Å². The second-order valence-electron chi connectivity index (χ2n) is 5.58. The van der Waals surface area contributed by atoms with Crippen LogP contribution in [0, 0.1) is 0 Å². The van der Waals surface area contributed by atoms with Gasteiger partial charge in [-0.3, -0.25) is 4.90 Å². The minimum absolute atomic E-state index is 0.0196. The van der Waals surface area contributed by atoms with E-state index in [2.05, 4.69) is 15.0 Å². The number of ether oxygens (including phenoxy) is 1. The van der Waals surface area contributed by atoms with Crippen LogP contribution in [0.2, 0.25) is 0 Å². The highest BCUT2D eigenvalue weighted by atomic mass is 32.1. The molecule has 0 spiro atoms. The fraction of sp³-hybridized carbons (Fsp3) is 0.571. The topological polar surface area (TPSA) is 51.4 Å². The molecule has 2 atom stereocenters. The SMILES string of the molecule is CC1CN(Cc2nc(CC(F)(F)F)no2)CC(c2ccsc2)O1. The fourth-order valence-electron chi connectivity index (χ4n) is 2.61. The van der Waals surface area contributed by atoms with E-state index in [0.717, 1.165) is 5.56 Å². The molecule has 0 bridgehead atoms. The predicted octanol–water partition coefficient (Wildman–Crippen LogP) is 3.20. The molecule has 9 heteroatoms. The van der Waals surface area contributed by atoms with E-state index >= 15 is 0 Å². The molecule has 0 aromatic carbocycles. The van der Waals surface area contributed by atoms with Crippen molar-refractivity contribution in [1.82, 2.24) is 15.0 Å². The van der Waals surface area contributed by atoms with Crippen LogP contribution in [-0.2, 0) is 17.7 Å². The third kappa shape index (κ3) is 4.52. The number of hydrogen-bond donors (Lipinski definition) is 0. The molecule has 126 valence electrons. The Morgan fingerprint density at radius 1 is 1.39 bits per heavy atom. The highest BCUT2D eigenvalue weighted by Crippen LogP contribution is 2.27. The van der Waals surface area contributed by atoms with Crippen LogP contribution in [0.4, 0.5) is 13.2 Å². The van der Waals surface area contributed by atoms with E-state index in [1.54, 1.807) is 11.3 Å². The summed E-state index contributed by atoms with van der Waals surface area (Å²) < 4.78 is 47.8. The maximum Gasteiger partial charge on any atom is 0.396 e. The number of nitrogens with zero attached hydrogens (tertiary/aromatic N) is 3. The van der Waals surface area contributed by atoms with Gasteiger partial charge >= 0.3 is 6.18 Å². The van der Waals surface area contributed by atoms with Crippen LogP contribution < -0.4 is 0 Å². The number of morpholine rings is 1. The molecule has 0 radical (unpaired) electrons. The summed E-state index contributed by atoms with van der Waals surface area (Å²) in [6.45, 7) is 3.59. The predicted molar refractivity (Wildman–Crippen MR) is 76.9 cm³/mol. The van der Waals surface area contributed by atoms with Gasteiger partial charge in [-0.15, -0.1) is 0 Å². The number of hydrogen-bond acceptors (Lipinski definition) is 6. The smallest absolute Gasteiger partial charge is 0.368 e. The van der Waals surface area contributed by atoms with E-state index in [1.807, 2.05) is 23.8 Å². The summed E-state index contributed by atoms with van der Waals surface area (Å²) in [7, 11) is 0. The molecular formula is C14H16F3N3O2S. The number of aromatic nitrogens is 2. The molecule has 0 aliphatic carbocycles. The molecule has 3 heterocycles. The minimum Gasteiger partial charge on any atom is -0.368 e. The third-order valence-electron chi connectivity index (χ3n) is 3.48. The molecule has 0 N–H and O–H groups in total. The monoisotopic (exact) mass is 347 g/mol. The van der Waals surface area contributed by atoms with Gasteiger partial charge in [-0.1, -0.05) is 5.16 Å². The molecular weight excluding hydrogens is 331 g/mol. The van der Waals surface area contributed by atoms with Crippen molar-refractivity contribution in [2.24, 2.45) is 0 Å². The van der Waals surface area contributed by atoms with Crippen LogP contribution in [0.15, 0.2) is 21.3 Å². The molecule has 1 saturated heterocycles. The number of rotatable bonds is 4. The second kappa shape index (κ2) is 6.58. The van der Waals surface area contributed by atoms with E-state index in [-0.39, 0.29) is 23.9 Å².